The Balaban J connectivity index is 3.11. The summed E-state index contributed by atoms with van der Waals surface area (Å²) >= 11 is 0. The zero-order chi connectivity index (χ0) is 14.7. The van der Waals surface area contributed by atoms with E-state index in [1.54, 1.807) is 13.8 Å². The number of alkyl halides is 4. The lowest BCUT2D eigenvalue weighted by Crippen LogP contribution is -2.30. The van der Waals surface area contributed by atoms with Gasteiger partial charge in [0.2, 0.25) is 0 Å². The zero-order valence-corrected chi connectivity index (χ0v) is 10.7. The van der Waals surface area contributed by atoms with Crippen molar-refractivity contribution in [1.82, 2.24) is 4.98 Å². The quantitative estimate of drug-likeness (QED) is 0.666. The average Bonchev–Trinajstić information content (AvgIpc) is 2.27. The van der Waals surface area contributed by atoms with E-state index in [2.05, 4.69) is 4.98 Å². The van der Waals surface area contributed by atoms with Crippen LogP contribution in [0.15, 0.2) is 12.3 Å². The van der Waals surface area contributed by atoms with E-state index >= 15 is 0 Å². The van der Waals surface area contributed by atoms with Crippen LogP contribution in [0.4, 0.5) is 17.6 Å². The van der Waals surface area contributed by atoms with Crippen molar-refractivity contribution in [2.24, 2.45) is 5.73 Å². The van der Waals surface area contributed by atoms with Crippen LogP contribution in [0.25, 0.3) is 0 Å². The molecular formula is C12H16F4N2O. The molecule has 108 valence electrons. The summed E-state index contributed by atoms with van der Waals surface area (Å²) in [6, 6.07) is 0.866. The van der Waals surface area contributed by atoms with Gasteiger partial charge < -0.3 is 10.5 Å². The summed E-state index contributed by atoms with van der Waals surface area (Å²) in [6.07, 6.45) is -3.57. The molecule has 0 bridgehead atoms. The molecule has 0 aromatic carbocycles. The van der Waals surface area contributed by atoms with Gasteiger partial charge in [0, 0.05) is 6.42 Å². The average molecular weight is 280 g/mol. The van der Waals surface area contributed by atoms with E-state index in [0.29, 0.717) is 0 Å². The molecule has 3 nitrogen and oxygen atoms in total. The molecule has 0 spiro atoms. The first-order valence-electron chi connectivity index (χ1n) is 5.71. The second-order valence-electron chi connectivity index (χ2n) is 4.68. The zero-order valence-electron chi connectivity index (χ0n) is 10.7. The number of aromatic nitrogens is 1. The number of hydrogen-bond acceptors (Lipinski definition) is 3. The van der Waals surface area contributed by atoms with Gasteiger partial charge in [0.15, 0.2) is 0 Å². The fourth-order valence-electron chi connectivity index (χ4n) is 1.37. The maximum absolute atomic E-state index is 12.9. The van der Waals surface area contributed by atoms with Gasteiger partial charge in [0.25, 0.3) is 0 Å². The van der Waals surface area contributed by atoms with Crippen molar-refractivity contribution in [1.29, 1.82) is 0 Å². The van der Waals surface area contributed by atoms with Crippen LogP contribution in [0.5, 0.6) is 5.75 Å². The lowest BCUT2D eigenvalue weighted by molar-refractivity contribution is -0.139. The van der Waals surface area contributed by atoms with Crippen LogP contribution in [0, 0.1) is 0 Å². The Morgan fingerprint density at radius 1 is 1.32 bits per heavy atom. The monoisotopic (exact) mass is 280 g/mol. The summed E-state index contributed by atoms with van der Waals surface area (Å²) in [7, 11) is 0. The Morgan fingerprint density at radius 2 is 1.95 bits per heavy atom. The number of pyridine rings is 1. The SMILES string of the molecule is CC(C)(N)c1cc(C(F)(F)F)c(OCCCF)cn1. The van der Waals surface area contributed by atoms with Crippen molar-refractivity contribution in [2.75, 3.05) is 13.3 Å². The topological polar surface area (TPSA) is 48.1 Å². The highest BCUT2D eigenvalue weighted by atomic mass is 19.4. The molecule has 1 rings (SSSR count). The summed E-state index contributed by atoms with van der Waals surface area (Å²) in [5.41, 5.74) is 3.89. The third-order valence-electron chi connectivity index (χ3n) is 2.37. The molecule has 1 aromatic rings. The molecule has 7 heteroatoms. The van der Waals surface area contributed by atoms with Crippen LogP contribution >= 0.6 is 0 Å². The summed E-state index contributed by atoms with van der Waals surface area (Å²) < 4.78 is 55.5. The first-order chi connectivity index (χ1) is 8.66. The van der Waals surface area contributed by atoms with E-state index in [1.165, 1.54) is 0 Å². The normalized spacial score (nSPS) is 12.6. The molecule has 0 aliphatic carbocycles. The van der Waals surface area contributed by atoms with Gasteiger partial charge in [0.05, 0.1) is 30.7 Å². The Labute approximate surface area is 108 Å². The van der Waals surface area contributed by atoms with Crippen LogP contribution in [0.3, 0.4) is 0 Å². The summed E-state index contributed by atoms with van der Waals surface area (Å²) in [5.74, 6) is -0.408. The van der Waals surface area contributed by atoms with Gasteiger partial charge in [-0.05, 0) is 19.9 Å². The number of nitrogens with two attached hydrogens (primary N) is 1. The van der Waals surface area contributed by atoms with Crippen LogP contribution in [-0.2, 0) is 11.7 Å². The third-order valence-corrected chi connectivity index (χ3v) is 2.37. The number of halogens is 4. The van der Waals surface area contributed by atoms with Gasteiger partial charge in [-0.1, -0.05) is 0 Å². The van der Waals surface area contributed by atoms with Gasteiger partial charge >= 0.3 is 6.18 Å². The third kappa shape index (κ3) is 4.34. The molecule has 0 fully saturated rings. The predicted molar refractivity (Wildman–Crippen MR) is 62.5 cm³/mol. The number of hydrogen-bond donors (Lipinski definition) is 1. The van der Waals surface area contributed by atoms with Crippen LogP contribution in [0.2, 0.25) is 0 Å². The lowest BCUT2D eigenvalue weighted by Gasteiger charge is -2.21. The van der Waals surface area contributed by atoms with Crippen molar-refractivity contribution >= 4 is 0 Å². The van der Waals surface area contributed by atoms with Crippen molar-refractivity contribution in [3.63, 3.8) is 0 Å². The number of rotatable bonds is 5. The van der Waals surface area contributed by atoms with E-state index in [-0.39, 0.29) is 18.7 Å². The molecule has 1 heterocycles. The highest BCUT2D eigenvalue weighted by Crippen LogP contribution is 2.37. The Morgan fingerprint density at radius 3 is 2.42 bits per heavy atom. The molecule has 0 saturated heterocycles. The van der Waals surface area contributed by atoms with Gasteiger partial charge in [-0.25, -0.2) is 0 Å². The van der Waals surface area contributed by atoms with Crippen molar-refractivity contribution in [3.8, 4) is 5.75 Å². The molecule has 1 aromatic heterocycles. The minimum atomic E-state index is -4.58. The number of nitrogens with zero attached hydrogens (tertiary/aromatic N) is 1. The molecular weight excluding hydrogens is 264 g/mol. The molecule has 0 saturated carbocycles. The molecule has 0 aliphatic rings. The van der Waals surface area contributed by atoms with Crippen LogP contribution in [0.1, 0.15) is 31.5 Å². The standard InChI is InChI=1S/C12H16F4N2O/c1-11(2,17)10-6-8(12(14,15)16)9(7-18-10)19-5-3-4-13/h6-7H,3-5,17H2,1-2H3. The highest BCUT2D eigenvalue weighted by Gasteiger charge is 2.36. The Hall–Kier alpha value is -1.37. The largest absolute Gasteiger partial charge is 0.491 e. The van der Waals surface area contributed by atoms with Crippen molar-refractivity contribution < 1.29 is 22.3 Å². The summed E-state index contributed by atoms with van der Waals surface area (Å²) in [5, 5.41) is 0. The minimum Gasteiger partial charge on any atom is -0.491 e. The number of ether oxygens (including phenoxy) is 1. The smallest absolute Gasteiger partial charge is 0.420 e. The lowest BCUT2D eigenvalue weighted by atomic mass is 9.99. The Kier molecular flexibility index (Phi) is 4.73. The van der Waals surface area contributed by atoms with E-state index in [0.717, 1.165) is 12.3 Å². The highest BCUT2D eigenvalue weighted by molar-refractivity contribution is 5.36. The van der Waals surface area contributed by atoms with Crippen molar-refractivity contribution in [2.45, 2.75) is 32.0 Å². The second-order valence-corrected chi connectivity index (χ2v) is 4.68. The summed E-state index contributed by atoms with van der Waals surface area (Å²) in [6.45, 7) is 2.33. The van der Waals surface area contributed by atoms with E-state index in [1.807, 2.05) is 0 Å². The van der Waals surface area contributed by atoms with Gasteiger partial charge in [-0.3, -0.25) is 9.37 Å². The molecule has 2 N–H and O–H groups in total. The maximum atomic E-state index is 12.9. The van der Waals surface area contributed by atoms with Crippen LogP contribution < -0.4 is 10.5 Å². The predicted octanol–water partition coefficient (Wildman–Crippen LogP) is 3.03. The van der Waals surface area contributed by atoms with Crippen LogP contribution in [-0.4, -0.2) is 18.3 Å². The van der Waals surface area contributed by atoms with Gasteiger partial charge in [-0.15, -0.1) is 0 Å². The fraction of sp³-hybridized carbons (Fsp3) is 0.583. The molecule has 0 aliphatic heterocycles. The van der Waals surface area contributed by atoms with E-state index < -0.39 is 29.7 Å². The van der Waals surface area contributed by atoms with Gasteiger partial charge in [0.1, 0.15) is 11.3 Å². The first-order valence-corrected chi connectivity index (χ1v) is 5.71. The second kappa shape index (κ2) is 5.73. The van der Waals surface area contributed by atoms with Crippen molar-refractivity contribution in [3.05, 3.63) is 23.5 Å². The van der Waals surface area contributed by atoms with Gasteiger partial charge in [-0.2, -0.15) is 13.2 Å². The fourth-order valence-corrected chi connectivity index (χ4v) is 1.37. The molecule has 19 heavy (non-hydrogen) atoms. The summed E-state index contributed by atoms with van der Waals surface area (Å²) in [4.78, 5) is 3.86. The molecule has 0 amide bonds. The molecule has 0 radical (unpaired) electrons. The minimum absolute atomic E-state index is 0.0292. The van der Waals surface area contributed by atoms with E-state index in [9.17, 15) is 17.6 Å². The molecule has 0 unspecified atom stereocenters. The molecule has 0 atom stereocenters. The Bertz CT molecular complexity index is 427. The van der Waals surface area contributed by atoms with E-state index in [4.69, 9.17) is 10.5 Å². The first kappa shape index (κ1) is 15.7. The maximum Gasteiger partial charge on any atom is 0.420 e.